The number of esters is 1. The van der Waals surface area contributed by atoms with Crippen molar-refractivity contribution in [3.05, 3.63) is 12.7 Å². The highest BCUT2D eigenvalue weighted by Crippen LogP contribution is 2.07. The van der Waals surface area contributed by atoms with Gasteiger partial charge in [-0.1, -0.05) is 19.6 Å². The zero-order chi connectivity index (χ0) is 10.3. The fourth-order valence-corrected chi connectivity index (χ4v) is 0.762. The topological polar surface area (TPSA) is 43.4 Å². The number of ketones is 1. The van der Waals surface area contributed by atoms with Crippen LogP contribution in [0, 0.1) is 5.92 Å². The first-order chi connectivity index (χ1) is 6.07. The van der Waals surface area contributed by atoms with Crippen LogP contribution in [0.5, 0.6) is 0 Å². The quantitative estimate of drug-likeness (QED) is 0.466. The number of carbonyl (C=O) groups excluding carboxylic acids is 2. The highest BCUT2D eigenvalue weighted by Gasteiger charge is 2.10. The molecule has 0 bridgehead atoms. The molecule has 0 aromatic carbocycles. The molecular weight excluding hydrogens is 168 g/mol. The molecule has 0 fully saturated rings. The minimum Gasteiger partial charge on any atom is -0.461 e. The molecule has 0 saturated carbocycles. The van der Waals surface area contributed by atoms with E-state index in [1.165, 1.54) is 13.0 Å². The first-order valence-corrected chi connectivity index (χ1v) is 4.35. The van der Waals surface area contributed by atoms with E-state index in [0.717, 1.165) is 0 Å². The van der Waals surface area contributed by atoms with Gasteiger partial charge in [0.15, 0.2) is 0 Å². The van der Waals surface area contributed by atoms with E-state index in [1.54, 1.807) is 0 Å². The minimum absolute atomic E-state index is 0.0590. The Kier molecular flexibility index (Phi) is 5.85. The van der Waals surface area contributed by atoms with Crippen LogP contribution in [0.3, 0.4) is 0 Å². The van der Waals surface area contributed by atoms with Crippen molar-refractivity contribution in [1.82, 2.24) is 0 Å². The number of hydrogen-bond acceptors (Lipinski definition) is 3. The van der Waals surface area contributed by atoms with E-state index < -0.39 is 0 Å². The average molecular weight is 184 g/mol. The summed E-state index contributed by atoms with van der Waals surface area (Å²) in [5.74, 6) is -0.221. The number of Topliss-reactive ketones (excluding diaryl/α,β-unsaturated/α-hetero) is 1. The largest absolute Gasteiger partial charge is 0.461 e. The third-order valence-corrected chi connectivity index (χ3v) is 1.84. The number of rotatable bonds is 6. The highest BCUT2D eigenvalue weighted by molar-refractivity contribution is 5.78. The van der Waals surface area contributed by atoms with Crippen molar-refractivity contribution < 1.29 is 14.3 Å². The summed E-state index contributed by atoms with van der Waals surface area (Å²) in [4.78, 5) is 21.7. The van der Waals surface area contributed by atoms with E-state index in [0.29, 0.717) is 12.8 Å². The van der Waals surface area contributed by atoms with Crippen LogP contribution < -0.4 is 0 Å². The fraction of sp³-hybridized carbons (Fsp3) is 0.600. The Morgan fingerprint density at radius 2 is 2.15 bits per heavy atom. The molecule has 0 aliphatic carbocycles. The Morgan fingerprint density at radius 3 is 2.62 bits per heavy atom. The third kappa shape index (κ3) is 6.08. The first-order valence-electron chi connectivity index (χ1n) is 4.35. The van der Waals surface area contributed by atoms with Crippen LogP contribution in [0.4, 0.5) is 0 Å². The number of ether oxygens (including phenoxy) is 1. The molecule has 0 amide bonds. The molecule has 0 saturated heterocycles. The SMILES string of the molecule is C=CCOC(=O)CCC(C)C(C)=O. The second-order valence-corrected chi connectivity index (χ2v) is 3.02. The van der Waals surface area contributed by atoms with E-state index in [9.17, 15) is 9.59 Å². The van der Waals surface area contributed by atoms with E-state index in [4.69, 9.17) is 4.74 Å². The summed E-state index contributed by atoms with van der Waals surface area (Å²) < 4.78 is 4.75. The molecule has 0 rings (SSSR count). The van der Waals surface area contributed by atoms with Crippen molar-refractivity contribution in [1.29, 1.82) is 0 Å². The summed E-state index contributed by atoms with van der Waals surface area (Å²) in [5.41, 5.74) is 0. The lowest BCUT2D eigenvalue weighted by molar-refractivity contribution is -0.142. The predicted octanol–water partition coefficient (Wildman–Crippen LogP) is 1.72. The standard InChI is InChI=1S/C10H16O3/c1-4-7-13-10(12)6-5-8(2)9(3)11/h4,8H,1,5-7H2,2-3H3. The van der Waals surface area contributed by atoms with Gasteiger partial charge in [0, 0.05) is 12.3 Å². The van der Waals surface area contributed by atoms with E-state index in [2.05, 4.69) is 6.58 Å². The maximum absolute atomic E-state index is 10.9. The van der Waals surface area contributed by atoms with Crippen molar-refractivity contribution in [2.45, 2.75) is 26.7 Å². The van der Waals surface area contributed by atoms with Crippen LogP contribution in [0.25, 0.3) is 0 Å². The monoisotopic (exact) mass is 184 g/mol. The smallest absolute Gasteiger partial charge is 0.306 e. The Bertz CT molecular complexity index is 196. The maximum Gasteiger partial charge on any atom is 0.306 e. The van der Waals surface area contributed by atoms with Crippen LogP contribution in [-0.2, 0) is 14.3 Å². The zero-order valence-corrected chi connectivity index (χ0v) is 8.21. The molecule has 0 aromatic heterocycles. The van der Waals surface area contributed by atoms with Crippen LogP contribution >= 0.6 is 0 Å². The van der Waals surface area contributed by atoms with Gasteiger partial charge in [0.05, 0.1) is 0 Å². The van der Waals surface area contributed by atoms with E-state index >= 15 is 0 Å². The first kappa shape index (κ1) is 11.9. The minimum atomic E-state index is -0.270. The third-order valence-electron chi connectivity index (χ3n) is 1.84. The van der Waals surface area contributed by atoms with Gasteiger partial charge in [0.25, 0.3) is 0 Å². The fourth-order valence-electron chi connectivity index (χ4n) is 0.762. The summed E-state index contributed by atoms with van der Waals surface area (Å²) in [6.07, 6.45) is 2.38. The van der Waals surface area contributed by atoms with Gasteiger partial charge in [0.2, 0.25) is 0 Å². The molecule has 1 unspecified atom stereocenters. The molecule has 0 aliphatic rings. The van der Waals surface area contributed by atoms with Crippen molar-refractivity contribution >= 4 is 11.8 Å². The maximum atomic E-state index is 10.9. The Labute approximate surface area is 78.8 Å². The van der Waals surface area contributed by atoms with Crippen LogP contribution in [0.2, 0.25) is 0 Å². The highest BCUT2D eigenvalue weighted by atomic mass is 16.5. The van der Waals surface area contributed by atoms with Crippen molar-refractivity contribution in [2.75, 3.05) is 6.61 Å². The van der Waals surface area contributed by atoms with Gasteiger partial charge in [-0.05, 0) is 13.3 Å². The predicted molar refractivity (Wildman–Crippen MR) is 50.2 cm³/mol. The lowest BCUT2D eigenvalue weighted by Crippen LogP contribution is -2.11. The van der Waals surface area contributed by atoms with Crippen LogP contribution in [0.1, 0.15) is 26.7 Å². The summed E-state index contributed by atoms with van der Waals surface area (Å²) in [6, 6.07) is 0. The van der Waals surface area contributed by atoms with Crippen molar-refractivity contribution in [3.8, 4) is 0 Å². The molecule has 0 heterocycles. The van der Waals surface area contributed by atoms with Gasteiger partial charge in [-0.25, -0.2) is 0 Å². The van der Waals surface area contributed by atoms with Gasteiger partial charge in [0.1, 0.15) is 12.4 Å². The summed E-state index contributed by atoms with van der Waals surface area (Å²) >= 11 is 0. The molecule has 0 aliphatic heterocycles. The summed E-state index contributed by atoms with van der Waals surface area (Å²) in [7, 11) is 0. The molecule has 0 aromatic rings. The summed E-state index contributed by atoms with van der Waals surface area (Å²) in [6.45, 7) is 7.00. The molecule has 74 valence electrons. The second kappa shape index (κ2) is 6.40. The van der Waals surface area contributed by atoms with E-state index in [-0.39, 0.29) is 24.3 Å². The van der Waals surface area contributed by atoms with Crippen LogP contribution in [0.15, 0.2) is 12.7 Å². The summed E-state index contributed by atoms with van der Waals surface area (Å²) in [5, 5.41) is 0. The molecule has 1 atom stereocenters. The van der Waals surface area contributed by atoms with Crippen molar-refractivity contribution in [2.24, 2.45) is 5.92 Å². The Hall–Kier alpha value is -1.12. The lowest BCUT2D eigenvalue weighted by atomic mass is 10.0. The molecule has 0 N–H and O–H groups in total. The van der Waals surface area contributed by atoms with Gasteiger partial charge in [-0.2, -0.15) is 0 Å². The molecule has 0 spiro atoms. The Balaban J connectivity index is 3.57. The Morgan fingerprint density at radius 1 is 1.54 bits per heavy atom. The van der Waals surface area contributed by atoms with Gasteiger partial charge < -0.3 is 4.74 Å². The molecule has 3 nitrogen and oxygen atoms in total. The molecule has 0 radical (unpaired) electrons. The molecule has 13 heavy (non-hydrogen) atoms. The van der Waals surface area contributed by atoms with E-state index in [1.807, 2.05) is 6.92 Å². The lowest BCUT2D eigenvalue weighted by Gasteiger charge is -2.06. The zero-order valence-electron chi connectivity index (χ0n) is 8.21. The van der Waals surface area contributed by atoms with Gasteiger partial charge in [-0.15, -0.1) is 0 Å². The van der Waals surface area contributed by atoms with Crippen molar-refractivity contribution in [3.63, 3.8) is 0 Å². The molecule has 3 heteroatoms. The normalized spacial score (nSPS) is 11.8. The van der Waals surface area contributed by atoms with Crippen LogP contribution in [-0.4, -0.2) is 18.4 Å². The number of carbonyl (C=O) groups is 2. The molecular formula is C10H16O3. The second-order valence-electron chi connectivity index (χ2n) is 3.02. The van der Waals surface area contributed by atoms with Gasteiger partial charge >= 0.3 is 5.97 Å². The number of hydrogen-bond donors (Lipinski definition) is 0. The average Bonchev–Trinajstić information content (AvgIpc) is 2.10. The van der Waals surface area contributed by atoms with Gasteiger partial charge in [-0.3, -0.25) is 9.59 Å².